The van der Waals surface area contributed by atoms with Crippen LogP contribution < -0.4 is 0 Å². The Morgan fingerprint density at radius 2 is 2.06 bits per heavy atom. The highest BCUT2D eigenvalue weighted by molar-refractivity contribution is 7.09. The molecule has 0 saturated carbocycles. The molecule has 0 aliphatic carbocycles. The van der Waals surface area contributed by atoms with Crippen LogP contribution in [-0.4, -0.2) is 21.2 Å². The van der Waals surface area contributed by atoms with Crippen molar-refractivity contribution in [2.75, 3.05) is 0 Å². The smallest absolute Gasteiger partial charge is 0.304 e. The minimum absolute atomic E-state index is 0.00170. The maximum Gasteiger partial charge on any atom is 0.304 e. The molecule has 4 nitrogen and oxygen atoms in total. The van der Waals surface area contributed by atoms with E-state index in [1.165, 1.54) is 11.3 Å². The van der Waals surface area contributed by atoms with Gasteiger partial charge in [0.25, 0.3) is 0 Å². The summed E-state index contributed by atoms with van der Waals surface area (Å²) in [6, 6.07) is 6.56. The van der Waals surface area contributed by atoms with Crippen LogP contribution in [0.4, 0.5) is 0 Å². The van der Waals surface area contributed by atoms with Gasteiger partial charge < -0.3 is 10.2 Å². The molecule has 88 valence electrons. The lowest BCUT2D eigenvalue weighted by Gasteiger charge is -2.12. The van der Waals surface area contributed by atoms with E-state index in [-0.39, 0.29) is 18.1 Å². The molecule has 2 aromatic rings. The lowest BCUT2D eigenvalue weighted by atomic mass is 9.96. The van der Waals surface area contributed by atoms with E-state index in [2.05, 4.69) is 4.98 Å². The molecule has 1 aromatic heterocycles. The number of hydrogen-bond donors (Lipinski definition) is 2. The average Bonchev–Trinajstić information content (AvgIpc) is 2.80. The van der Waals surface area contributed by atoms with Crippen molar-refractivity contribution >= 4 is 17.3 Å². The Morgan fingerprint density at radius 3 is 2.59 bits per heavy atom. The monoisotopic (exact) mass is 249 g/mol. The number of phenols is 1. The maximum absolute atomic E-state index is 10.9. The molecule has 5 heteroatoms. The standard InChI is InChI=1S/C12H11NO3S/c14-9-3-1-8(2-4-9)10(7-11(15)16)12-13-5-6-17-12/h1-6,10,14H,7H2,(H,15,16). The van der Waals surface area contributed by atoms with Crippen LogP contribution in [0.1, 0.15) is 22.9 Å². The largest absolute Gasteiger partial charge is 0.508 e. The molecule has 0 amide bonds. The topological polar surface area (TPSA) is 70.4 Å². The van der Waals surface area contributed by atoms with Gasteiger partial charge >= 0.3 is 5.97 Å². The molecule has 0 aliphatic heterocycles. The summed E-state index contributed by atoms with van der Waals surface area (Å²) in [5.41, 5.74) is 0.847. The predicted molar refractivity (Wildman–Crippen MR) is 64.3 cm³/mol. The molecular formula is C12H11NO3S. The number of carboxylic acids is 1. The first-order valence-electron chi connectivity index (χ1n) is 5.07. The van der Waals surface area contributed by atoms with Gasteiger partial charge in [-0.05, 0) is 17.7 Å². The van der Waals surface area contributed by atoms with Gasteiger partial charge in [-0.3, -0.25) is 4.79 Å². The maximum atomic E-state index is 10.9. The zero-order valence-corrected chi connectivity index (χ0v) is 9.72. The average molecular weight is 249 g/mol. The highest BCUT2D eigenvalue weighted by atomic mass is 32.1. The van der Waals surface area contributed by atoms with E-state index < -0.39 is 5.97 Å². The summed E-state index contributed by atoms with van der Waals surface area (Å²) in [5.74, 6) is -0.951. The van der Waals surface area contributed by atoms with Gasteiger partial charge in [-0.15, -0.1) is 11.3 Å². The normalized spacial score (nSPS) is 12.2. The third-order valence-electron chi connectivity index (χ3n) is 2.42. The van der Waals surface area contributed by atoms with Gasteiger partial charge in [0, 0.05) is 17.5 Å². The Kier molecular flexibility index (Phi) is 3.39. The Hall–Kier alpha value is -1.88. The van der Waals surface area contributed by atoms with Gasteiger partial charge in [0.05, 0.1) is 6.42 Å². The van der Waals surface area contributed by atoms with Crippen molar-refractivity contribution in [3.05, 3.63) is 46.4 Å². The van der Waals surface area contributed by atoms with Crippen LogP contribution in [0.3, 0.4) is 0 Å². The Labute approximate surface area is 102 Å². The van der Waals surface area contributed by atoms with E-state index >= 15 is 0 Å². The number of carboxylic acid groups (broad SMARTS) is 1. The van der Waals surface area contributed by atoms with E-state index in [1.807, 2.05) is 5.38 Å². The molecule has 0 spiro atoms. The van der Waals surface area contributed by atoms with Crippen molar-refractivity contribution in [1.82, 2.24) is 4.98 Å². The molecule has 2 rings (SSSR count). The third-order valence-corrected chi connectivity index (χ3v) is 3.31. The Morgan fingerprint density at radius 1 is 1.35 bits per heavy atom. The van der Waals surface area contributed by atoms with E-state index in [1.54, 1.807) is 30.5 Å². The zero-order chi connectivity index (χ0) is 12.3. The van der Waals surface area contributed by atoms with Crippen molar-refractivity contribution in [1.29, 1.82) is 0 Å². The zero-order valence-electron chi connectivity index (χ0n) is 8.91. The second-order valence-corrected chi connectivity index (χ2v) is 4.54. The van der Waals surface area contributed by atoms with E-state index in [9.17, 15) is 9.90 Å². The lowest BCUT2D eigenvalue weighted by Crippen LogP contribution is -2.07. The summed E-state index contributed by atoms with van der Waals surface area (Å²) in [5, 5.41) is 20.7. The van der Waals surface area contributed by atoms with E-state index in [4.69, 9.17) is 5.11 Å². The summed E-state index contributed by atoms with van der Waals surface area (Å²) >= 11 is 1.44. The fraction of sp³-hybridized carbons (Fsp3) is 0.167. The van der Waals surface area contributed by atoms with Crippen molar-refractivity contribution in [3.8, 4) is 5.75 Å². The molecule has 0 bridgehead atoms. The van der Waals surface area contributed by atoms with Crippen molar-refractivity contribution in [2.24, 2.45) is 0 Å². The summed E-state index contributed by atoms with van der Waals surface area (Å²) in [6.07, 6.45) is 1.66. The van der Waals surface area contributed by atoms with Crippen molar-refractivity contribution in [2.45, 2.75) is 12.3 Å². The highest BCUT2D eigenvalue weighted by Crippen LogP contribution is 2.30. The second kappa shape index (κ2) is 4.97. The SMILES string of the molecule is O=C(O)CC(c1ccc(O)cc1)c1nccs1. The van der Waals surface area contributed by atoms with E-state index in [0.717, 1.165) is 10.6 Å². The number of aliphatic carboxylic acids is 1. The minimum atomic E-state index is -0.863. The fourth-order valence-corrected chi connectivity index (χ4v) is 2.40. The summed E-state index contributed by atoms with van der Waals surface area (Å²) in [7, 11) is 0. The summed E-state index contributed by atoms with van der Waals surface area (Å²) in [6.45, 7) is 0. The van der Waals surface area contributed by atoms with Gasteiger partial charge in [-0.1, -0.05) is 12.1 Å². The van der Waals surface area contributed by atoms with Gasteiger partial charge in [-0.2, -0.15) is 0 Å². The number of aromatic hydroxyl groups is 1. The number of thiazole rings is 1. The molecule has 2 N–H and O–H groups in total. The number of aromatic nitrogens is 1. The van der Waals surface area contributed by atoms with Gasteiger partial charge in [0.15, 0.2) is 0 Å². The van der Waals surface area contributed by atoms with Gasteiger partial charge in [0.1, 0.15) is 10.8 Å². The van der Waals surface area contributed by atoms with Crippen LogP contribution >= 0.6 is 11.3 Å². The lowest BCUT2D eigenvalue weighted by molar-refractivity contribution is -0.137. The highest BCUT2D eigenvalue weighted by Gasteiger charge is 2.20. The number of rotatable bonds is 4. The first-order chi connectivity index (χ1) is 8.16. The molecule has 0 saturated heterocycles. The number of phenolic OH excluding ortho intramolecular Hbond substituents is 1. The van der Waals surface area contributed by atoms with Gasteiger partial charge in [0.2, 0.25) is 0 Å². The second-order valence-electron chi connectivity index (χ2n) is 3.61. The van der Waals surface area contributed by atoms with Crippen LogP contribution in [-0.2, 0) is 4.79 Å². The van der Waals surface area contributed by atoms with Crippen molar-refractivity contribution < 1.29 is 15.0 Å². The molecule has 17 heavy (non-hydrogen) atoms. The molecule has 1 aromatic carbocycles. The molecule has 0 fully saturated rings. The Bertz CT molecular complexity index is 493. The number of carbonyl (C=O) groups is 1. The number of benzene rings is 1. The minimum Gasteiger partial charge on any atom is -0.508 e. The first-order valence-corrected chi connectivity index (χ1v) is 5.95. The molecule has 0 aliphatic rings. The summed E-state index contributed by atoms with van der Waals surface area (Å²) in [4.78, 5) is 15.0. The van der Waals surface area contributed by atoms with Crippen molar-refractivity contribution in [3.63, 3.8) is 0 Å². The Balaban J connectivity index is 2.33. The predicted octanol–water partition coefficient (Wildman–Crippen LogP) is 2.46. The fourth-order valence-electron chi connectivity index (χ4n) is 1.64. The molecule has 1 unspecified atom stereocenters. The number of hydrogen-bond acceptors (Lipinski definition) is 4. The number of nitrogens with zero attached hydrogens (tertiary/aromatic N) is 1. The summed E-state index contributed by atoms with van der Waals surface area (Å²) < 4.78 is 0. The van der Waals surface area contributed by atoms with Crippen LogP contribution in [0.15, 0.2) is 35.8 Å². The molecule has 0 radical (unpaired) electrons. The quantitative estimate of drug-likeness (QED) is 0.873. The van der Waals surface area contributed by atoms with E-state index in [0.29, 0.717) is 0 Å². The molecular weight excluding hydrogens is 238 g/mol. The van der Waals surface area contributed by atoms with Crippen LogP contribution in [0.5, 0.6) is 5.75 Å². The molecule has 1 heterocycles. The van der Waals surface area contributed by atoms with Crippen LogP contribution in [0.2, 0.25) is 0 Å². The third kappa shape index (κ3) is 2.82. The first kappa shape index (κ1) is 11.6. The van der Waals surface area contributed by atoms with Crippen LogP contribution in [0, 0.1) is 0 Å². The van der Waals surface area contributed by atoms with Gasteiger partial charge in [-0.25, -0.2) is 4.98 Å². The van der Waals surface area contributed by atoms with Crippen LogP contribution in [0.25, 0.3) is 0 Å². The molecule has 1 atom stereocenters.